The van der Waals surface area contributed by atoms with Crippen molar-refractivity contribution in [3.63, 3.8) is 0 Å². The zero-order chi connectivity index (χ0) is 15.5. The normalized spacial score (nSPS) is 14.3. The summed E-state index contributed by atoms with van der Waals surface area (Å²) in [4.78, 5) is 12.1. The van der Waals surface area contributed by atoms with Crippen molar-refractivity contribution < 1.29 is 4.79 Å². The Labute approximate surface area is 134 Å². The molecule has 1 heterocycles. The molecule has 1 aromatic heterocycles. The first kappa shape index (κ1) is 15.1. The largest absolute Gasteiger partial charge is 0.325 e. The van der Waals surface area contributed by atoms with Gasteiger partial charge in [0.2, 0.25) is 5.91 Å². The van der Waals surface area contributed by atoms with Crippen molar-refractivity contribution in [1.82, 2.24) is 14.8 Å². The average Bonchev–Trinajstić information content (AvgIpc) is 3.24. The number of hydrogen-bond acceptors (Lipinski definition) is 4. The molecule has 1 saturated carbocycles. The van der Waals surface area contributed by atoms with Gasteiger partial charge in [0.1, 0.15) is 6.33 Å². The van der Waals surface area contributed by atoms with Gasteiger partial charge in [-0.2, -0.15) is 0 Å². The van der Waals surface area contributed by atoms with Crippen LogP contribution in [0.1, 0.15) is 44.2 Å². The molecule has 0 unspecified atom stereocenters. The topological polar surface area (TPSA) is 59.8 Å². The van der Waals surface area contributed by atoms with E-state index in [1.165, 1.54) is 30.2 Å². The summed E-state index contributed by atoms with van der Waals surface area (Å²) in [7, 11) is 0. The van der Waals surface area contributed by atoms with E-state index in [0.29, 0.717) is 17.7 Å². The number of amides is 1. The Morgan fingerprint density at radius 2 is 2.27 bits per heavy atom. The molecule has 116 valence electrons. The first-order chi connectivity index (χ1) is 10.6. The maximum absolute atomic E-state index is 12.1. The second-order valence-corrected chi connectivity index (χ2v) is 6.81. The molecule has 2 aromatic rings. The summed E-state index contributed by atoms with van der Waals surface area (Å²) in [5.74, 6) is 0.775. The molecular weight excluding hydrogens is 296 g/mol. The van der Waals surface area contributed by atoms with Gasteiger partial charge >= 0.3 is 0 Å². The number of carbonyl (C=O) groups excluding carboxylic acids is 1. The molecule has 0 aliphatic heterocycles. The molecule has 1 amide bonds. The van der Waals surface area contributed by atoms with Crippen LogP contribution in [0.5, 0.6) is 0 Å². The van der Waals surface area contributed by atoms with Crippen LogP contribution in [-0.4, -0.2) is 26.4 Å². The van der Waals surface area contributed by atoms with Crippen molar-refractivity contribution in [2.75, 3.05) is 11.1 Å². The number of anilines is 1. The van der Waals surface area contributed by atoms with Crippen LogP contribution in [0, 0.1) is 0 Å². The molecule has 1 N–H and O–H groups in total. The van der Waals surface area contributed by atoms with Crippen LogP contribution in [0.3, 0.4) is 0 Å². The van der Waals surface area contributed by atoms with E-state index in [4.69, 9.17) is 0 Å². The van der Waals surface area contributed by atoms with E-state index in [2.05, 4.69) is 40.0 Å². The number of benzene rings is 1. The van der Waals surface area contributed by atoms with Gasteiger partial charge in [-0.15, -0.1) is 10.2 Å². The molecule has 6 heteroatoms. The molecule has 0 saturated heterocycles. The van der Waals surface area contributed by atoms with Gasteiger partial charge in [-0.3, -0.25) is 4.79 Å². The van der Waals surface area contributed by atoms with E-state index in [1.807, 2.05) is 18.2 Å². The van der Waals surface area contributed by atoms with Gasteiger partial charge < -0.3 is 9.88 Å². The molecule has 1 aliphatic rings. The number of thioether (sulfide) groups is 1. The first-order valence-electron chi connectivity index (χ1n) is 7.55. The number of rotatable bonds is 6. The quantitative estimate of drug-likeness (QED) is 0.829. The third-order valence-corrected chi connectivity index (χ3v) is 4.61. The van der Waals surface area contributed by atoms with Gasteiger partial charge in [0.25, 0.3) is 0 Å². The summed E-state index contributed by atoms with van der Waals surface area (Å²) in [6.45, 7) is 4.28. The Morgan fingerprint density at radius 3 is 3.00 bits per heavy atom. The van der Waals surface area contributed by atoms with Crippen molar-refractivity contribution in [3.8, 4) is 0 Å². The maximum atomic E-state index is 12.1. The second kappa shape index (κ2) is 6.52. The third kappa shape index (κ3) is 3.68. The van der Waals surface area contributed by atoms with Gasteiger partial charge in [0, 0.05) is 11.7 Å². The minimum absolute atomic E-state index is 0.0174. The molecule has 1 aromatic carbocycles. The highest BCUT2D eigenvalue weighted by atomic mass is 32.2. The number of nitrogens with zero attached hydrogens (tertiary/aromatic N) is 3. The van der Waals surface area contributed by atoms with Crippen LogP contribution in [0.2, 0.25) is 0 Å². The van der Waals surface area contributed by atoms with Crippen LogP contribution in [0.15, 0.2) is 35.7 Å². The lowest BCUT2D eigenvalue weighted by Crippen LogP contribution is -2.14. The molecule has 0 spiro atoms. The molecule has 3 rings (SSSR count). The van der Waals surface area contributed by atoms with Gasteiger partial charge in [-0.25, -0.2) is 0 Å². The molecule has 0 bridgehead atoms. The summed E-state index contributed by atoms with van der Waals surface area (Å²) in [5, 5.41) is 11.8. The minimum Gasteiger partial charge on any atom is -0.325 e. The Morgan fingerprint density at radius 1 is 1.45 bits per heavy atom. The smallest absolute Gasteiger partial charge is 0.234 e. The number of carbonyl (C=O) groups is 1. The van der Waals surface area contributed by atoms with Crippen molar-refractivity contribution in [3.05, 3.63) is 36.2 Å². The van der Waals surface area contributed by atoms with Gasteiger partial charge in [-0.1, -0.05) is 37.7 Å². The Balaban J connectivity index is 1.56. The van der Waals surface area contributed by atoms with E-state index in [1.54, 1.807) is 6.33 Å². The van der Waals surface area contributed by atoms with Crippen LogP contribution < -0.4 is 5.32 Å². The highest BCUT2D eigenvalue weighted by Crippen LogP contribution is 2.37. The van der Waals surface area contributed by atoms with E-state index in [-0.39, 0.29) is 5.91 Å². The van der Waals surface area contributed by atoms with Crippen LogP contribution in [0.25, 0.3) is 0 Å². The predicted octanol–water partition coefficient (Wildman–Crippen LogP) is 3.47. The number of nitrogens with one attached hydrogen (secondary N) is 1. The lowest BCUT2D eigenvalue weighted by Gasteiger charge is -2.09. The fourth-order valence-electron chi connectivity index (χ4n) is 2.24. The molecule has 22 heavy (non-hydrogen) atoms. The zero-order valence-electron chi connectivity index (χ0n) is 12.8. The lowest BCUT2D eigenvalue weighted by atomic mass is 10.0. The molecule has 1 aliphatic carbocycles. The SMILES string of the molecule is CC(C)c1cccc(NC(=O)CSc2nncn2C2CC2)c1. The summed E-state index contributed by atoms with van der Waals surface area (Å²) in [5.41, 5.74) is 2.07. The average molecular weight is 316 g/mol. The van der Waals surface area contributed by atoms with Crippen LogP contribution in [-0.2, 0) is 4.79 Å². The Hall–Kier alpha value is -1.82. The predicted molar refractivity (Wildman–Crippen MR) is 88.2 cm³/mol. The third-order valence-electron chi connectivity index (χ3n) is 3.65. The summed E-state index contributed by atoms with van der Waals surface area (Å²) >= 11 is 1.44. The molecule has 0 atom stereocenters. The molecule has 0 radical (unpaired) electrons. The van der Waals surface area contributed by atoms with E-state index < -0.39 is 0 Å². The van der Waals surface area contributed by atoms with Crippen molar-refractivity contribution in [2.45, 2.75) is 43.8 Å². The fraction of sp³-hybridized carbons (Fsp3) is 0.438. The fourth-order valence-corrected chi connectivity index (χ4v) is 3.02. The first-order valence-corrected chi connectivity index (χ1v) is 8.54. The maximum Gasteiger partial charge on any atom is 0.234 e. The summed E-state index contributed by atoms with van der Waals surface area (Å²) in [6, 6.07) is 8.53. The van der Waals surface area contributed by atoms with Crippen molar-refractivity contribution >= 4 is 23.4 Å². The van der Waals surface area contributed by atoms with E-state index in [0.717, 1.165) is 10.8 Å². The van der Waals surface area contributed by atoms with Crippen LogP contribution in [0.4, 0.5) is 5.69 Å². The standard InChI is InChI=1S/C16H20N4OS/c1-11(2)12-4-3-5-13(8-12)18-15(21)9-22-16-19-17-10-20(16)14-6-7-14/h3-5,8,10-11,14H,6-7,9H2,1-2H3,(H,18,21). The highest BCUT2D eigenvalue weighted by Gasteiger charge is 2.26. The van der Waals surface area contributed by atoms with Gasteiger partial charge in [0.05, 0.1) is 5.75 Å². The monoisotopic (exact) mass is 316 g/mol. The zero-order valence-corrected chi connectivity index (χ0v) is 13.6. The molecule has 5 nitrogen and oxygen atoms in total. The number of aromatic nitrogens is 3. The summed E-state index contributed by atoms with van der Waals surface area (Å²) < 4.78 is 2.07. The summed E-state index contributed by atoms with van der Waals surface area (Å²) in [6.07, 6.45) is 4.11. The van der Waals surface area contributed by atoms with E-state index >= 15 is 0 Å². The van der Waals surface area contributed by atoms with E-state index in [9.17, 15) is 4.79 Å². The lowest BCUT2D eigenvalue weighted by molar-refractivity contribution is -0.113. The van der Waals surface area contributed by atoms with Crippen LogP contribution >= 0.6 is 11.8 Å². The molecular formula is C16H20N4OS. The number of hydrogen-bond donors (Lipinski definition) is 1. The highest BCUT2D eigenvalue weighted by molar-refractivity contribution is 7.99. The molecule has 1 fully saturated rings. The van der Waals surface area contributed by atoms with Gasteiger partial charge in [-0.05, 0) is 36.5 Å². The Kier molecular flexibility index (Phi) is 4.47. The van der Waals surface area contributed by atoms with Crippen molar-refractivity contribution in [2.24, 2.45) is 0 Å². The minimum atomic E-state index is -0.0174. The second-order valence-electron chi connectivity index (χ2n) is 5.87. The van der Waals surface area contributed by atoms with Gasteiger partial charge in [0.15, 0.2) is 5.16 Å². The van der Waals surface area contributed by atoms with Crippen molar-refractivity contribution in [1.29, 1.82) is 0 Å². The Bertz CT molecular complexity index is 664.